The Balaban J connectivity index is 1.71. The lowest BCUT2D eigenvalue weighted by Crippen LogP contribution is -2.20. The number of benzene rings is 2. The van der Waals surface area contributed by atoms with E-state index in [0.717, 1.165) is 4.80 Å². The number of nitrogens with zero attached hydrogens (tertiary/aromatic N) is 5. The molecule has 0 aliphatic heterocycles. The van der Waals surface area contributed by atoms with Gasteiger partial charge < -0.3 is 10.1 Å². The van der Waals surface area contributed by atoms with Gasteiger partial charge in [0.1, 0.15) is 12.3 Å². The molecule has 0 saturated carbocycles. The first-order chi connectivity index (χ1) is 13.0. The molecule has 0 aliphatic rings. The number of amides is 1. The number of carbonyl (C=O) groups is 1. The van der Waals surface area contributed by atoms with Gasteiger partial charge in [0, 0.05) is 16.7 Å². The van der Waals surface area contributed by atoms with Crippen LogP contribution in [0.4, 0.5) is 11.4 Å². The molecule has 0 aliphatic carbocycles. The van der Waals surface area contributed by atoms with Crippen molar-refractivity contribution >= 4 is 28.9 Å². The fourth-order valence-electron chi connectivity index (χ4n) is 2.27. The van der Waals surface area contributed by atoms with Crippen LogP contribution in [0.15, 0.2) is 42.5 Å². The first-order valence-corrected chi connectivity index (χ1v) is 8.00. The Hall–Kier alpha value is -3.53. The van der Waals surface area contributed by atoms with Crippen molar-refractivity contribution in [2.24, 2.45) is 0 Å². The van der Waals surface area contributed by atoms with E-state index in [-0.39, 0.29) is 18.0 Å². The summed E-state index contributed by atoms with van der Waals surface area (Å²) in [7, 11) is 1.35. The van der Waals surface area contributed by atoms with Gasteiger partial charge in [-0.2, -0.15) is 4.80 Å². The number of nitro benzene ring substituents is 1. The second-order valence-electron chi connectivity index (χ2n) is 5.34. The lowest BCUT2D eigenvalue weighted by atomic mass is 10.2. The van der Waals surface area contributed by atoms with Crippen LogP contribution < -0.4 is 10.1 Å². The van der Waals surface area contributed by atoms with Gasteiger partial charge in [-0.15, -0.1) is 10.2 Å². The number of ether oxygens (including phenoxy) is 1. The van der Waals surface area contributed by atoms with Crippen molar-refractivity contribution < 1.29 is 14.5 Å². The average molecular weight is 389 g/mol. The third-order valence-electron chi connectivity index (χ3n) is 3.49. The number of halogens is 1. The van der Waals surface area contributed by atoms with Crippen LogP contribution in [-0.2, 0) is 11.3 Å². The molecule has 0 saturated heterocycles. The maximum atomic E-state index is 12.2. The SMILES string of the molecule is COc1cc([N+](=O)[O-])ccc1NC(=O)Cn1nnc(-c2cccc(Cl)c2)n1. The van der Waals surface area contributed by atoms with E-state index in [0.29, 0.717) is 22.1 Å². The molecule has 1 heterocycles. The number of anilines is 1. The van der Waals surface area contributed by atoms with Crippen LogP contribution in [0.3, 0.4) is 0 Å². The maximum Gasteiger partial charge on any atom is 0.273 e. The molecular weight excluding hydrogens is 376 g/mol. The van der Waals surface area contributed by atoms with Crippen molar-refractivity contribution in [1.82, 2.24) is 20.2 Å². The minimum atomic E-state index is -0.551. The van der Waals surface area contributed by atoms with Crippen LogP contribution in [0.1, 0.15) is 0 Å². The van der Waals surface area contributed by atoms with E-state index in [1.807, 2.05) is 0 Å². The number of aromatic nitrogens is 4. The van der Waals surface area contributed by atoms with Gasteiger partial charge in [-0.25, -0.2) is 0 Å². The second-order valence-corrected chi connectivity index (χ2v) is 5.78. The Morgan fingerprint density at radius 3 is 2.85 bits per heavy atom. The Kier molecular flexibility index (Phi) is 5.27. The highest BCUT2D eigenvalue weighted by Crippen LogP contribution is 2.29. The summed E-state index contributed by atoms with van der Waals surface area (Å²) in [6.45, 7) is -0.201. The Morgan fingerprint density at radius 2 is 2.15 bits per heavy atom. The molecule has 0 bridgehead atoms. The number of methoxy groups -OCH3 is 1. The van der Waals surface area contributed by atoms with Gasteiger partial charge in [-0.1, -0.05) is 23.7 Å². The normalized spacial score (nSPS) is 10.4. The highest BCUT2D eigenvalue weighted by Gasteiger charge is 2.15. The molecule has 10 nitrogen and oxygen atoms in total. The highest BCUT2D eigenvalue weighted by molar-refractivity contribution is 6.30. The zero-order valence-corrected chi connectivity index (χ0v) is 14.8. The summed E-state index contributed by atoms with van der Waals surface area (Å²) in [4.78, 5) is 23.6. The molecule has 0 atom stereocenters. The van der Waals surface area contributed by atoms with Crippen LogP contribution in [0.25, 0.3) is 11.4 Å². The molecule has 0 radical (unpaired) electrons. The molecule has 1 aromatic heterocycles. The van der Waals surface area contributed by atoms with Gasteiger partial charge in [0.15, 0.2) is 0 Å². The Morgan fingerprint density at radius 1 is 1.33 bits per heavy atom. The monoisotopic (exact) mass is 388 g/mol. The molecule has 138 valence electrons. The van der Waals surface area contributed by atoms with Crippen LogP contribution >= 0.6 is 11.6 Å². The van der Waals surface area contributed by atoms with E-state index >= 15 is 0 Å². The van der Waals surface area contributed by atoms with Crippen molar-refractivity contribution in [3.63, 3.8) is 0 Å². The summed E-state index contributed by atoms with van der Waals surface area (Å²) in [5.74, 6) is 0.0547. The van der Waals surface area contributed by atoms with Crippen LogP contribution in [0.5, 0.6) is 5.75 Å². The number of non-ortho nitro benzene ring substituents is 1. The highest BCUT2D eigenvalue weighted by atomic mass is 35.5. The molecule has 1 amide bonds. The lowest BCUT2D eigenvalue weighted by molar-refractivity contribution is -0.384. The predicted octanol–water partition coefficient (Wildman–Crippen LogP) is 2.55. The summed E-state index contributed by atoms with van der Waals surface area (Å²) in [6.07, 6.45) is 0. The molecule has 11 heteroatoms. The summed E-state index contributed by atoms with van der Waals surface area (Å²) in [5.41, 5.74) is 0.823. The smallest absolute Gasteiger partial charge is 0.273 e. The second kappa shape index (κ2) is 7.79. The molecule has 3 aromatic rings. The minimum absolute atomic E-state index is 0.144. The zero-order valence-electron chi connectivity index (χ0n) is 14.0. The standard InChI is InChI=1S/C16H13ClN6O4/c1-27-14-8-12(23(25)26)5-6-13(14)18-15(24)9-22-20-16(19-21-22)10-3-2-4-11(17)7-10/h2-8H,9H2,1H3,(H,18,24). The number of carbonyl (C=O) groups excluding carboxylic acids is 1. The topological polar surface area (TPSA) is 125 Å². The van der Waals surface area contributed by atoms with E-state index in [1.165, 1.54) is 25.3 Å². The minimum Gasteiger partial charge on any atom is -0.494 e. The van der Waals surface area contributed by atoms with Gasteiger partial charge >= 0.3 is 0 Å². The predicted molar refractivity (Wildman–Crippen MR) is 96.5 cm³/mol. The van der Waals surface area contributed by atoms with E-state index in [4.69, 9.17) is 16.3 Å². The van der Waals surface area contributed by atoms with Crippen molar-refractivity contribution in [2.75, 3.05) is 12.4 Å². The summed E-state index contributed by atoms with van der Waals surface area (Å²) in [5, 5.41) is 25.8. The molecular formula is C16H13ClN6O4. The molecule has 0 fully saturated rings. The van der Waals surface area contributed by atoms with Crippen LogP contribution in [0, 0.1) is 10.1 Å². The number of nitrogens with one attached hydrogen (secondary N) is 1. The van der Waals surface area contributed by atoms with Gasteiger partial charge in [-0.05, 0) is 23.4 Å². The van der Waals surface area contributed by atoms with E-state index in [9.17, 15) is 14.9 Å². The first kappa shape index (κ1) is 18.3. The fourth-order valence-corrected chi connectivity index (χ4v) is 2.46. The van der Waals surface area contributed by atoms with Crippen molar-refractivity contribution in [1.29, 1.82) is 0 Å². The maximum absolute atomic E-state index is 12.2. The summed E-state index contributed by atoms with van der Waals surface area (Å²) >= 11 is 5.93. The Labute approximate surface area is 157 Å². The van der Waals surface area contributed by atoms with Crippen LogP contribution in [-0.4, -0.2) is 38.1 Å². The van der Waals surface area contributed by atoms with E-state index < -0.39 is 10.8 Å². The zero-order chi connectivity index (χ0) is 19.4. The quantitative estimate of drug-likeness (QED) is 0.508. The molecule has 0 unspecified atom stereocenters. The lowest BCUT2D eigenvalue weighted by Gasteiger charge is -2.09. The third kappa shape index (κ3) is 4.36. The summed E-state index contributed by atoms with van der Waals surface area (Å²) in [6, 6.07) is 10.8. The molecule has 0 spiro atoms. The molecule has 2 aromatic carbocycles. The number of hydrogen-bond acceptors (Lipinski definition) is 7. The third-order valence-corrected chi connectivity index (χ3v) is 3.73. The number of rotatable bonds is 6. The first-order valence-electron chi connectivity index (χ1n) is 7.62. The van der Waals surface area contributed by atoms with Gasteiger partial charge in [0.05, 0.1) is 23.8 Å². The fraction of sp³-hybridized carbons (Fsp3) is 0.125. The number of nitro groups is 1. The molecule has 3 rings (SSSR count). The van der Waals surface area contributed by atoms with E-state index in [1.54, 1.807) is 24.3 Å². The molecule has 1 N–H and O–H groups in total. The van der Waals surface area contributed by atoms with Crippen molar-refractivity contribution in [2.45, 2.75) is 6.54 Å². The van der Waals surface area contributed by atoms with E-state index in [2.05, 4.69) is 20.7 Å². The largest absolute Gasteiger partial charge is 0.494 e. The summed E-state index contributed by atoms with van der Waals surface area (Å²) < 4.78 is 5.08. The number of tetrazole rings is 1. The van der Waals surface area contributed by atoms with Crippen molar-refractivity contribution in [3.05, 3.63) is 57.6 Å². The molecule has 27 heavy (non-hydrogen) atoms. The van der Waals surface area contributed by atoms with Gasteiger partial charge in [0.25, 0.3) is 5.69 Å². The van der Waals surface area contributed by atoms with Crippen molar-refractivity contribution in [3.8, 4) is 17.1 Å². The Bertz CT molecular complexity index is 1010. The average Bonchev–Trinajstić information content (AvgIpc) is 3.10. The van der Waals surface area contributed by atoms with Crippen LogP contribution in [0.2, 0.25) is 5.02 Å². The number of hydrogen-bond donors (Lipinski definition) is 1. The van der Waals surface area contributed by atoms with Gasteiger partial charge in [0.2, 0.25) is 11.7 Å². The van der Waals surface area contributed by atoms with Gasteiger partial charge in [-0.3, -0.25) is 14.9 Å².